The molecule has 1 saturated heterocycles. The molecule has 42 heavy (non-hydrogen) atoms. The van der Waals surface area contributed by atoms with E-state index < -0.39 is 11.4 Å². The third kappa shape index (κ3) is 5.45. The van der Waals surface area contributed by atoms with Gasteiger partial charge in [-0.15, -0.1) is 0 Å². The summed E-state index contributed by atoms with van der Waals surface area (Å²) in [7, 11) is 2.93. The van der Waals surface area contributed by atoms with Gasteiger partial charge in [0.25, 0.3) is 0 Å². The van der Waals surface area contributed by atoms with E-state index in [4.69, 9.17) is 21.7 Å². The molecule has 2 aromatic heterocycles. The van der Waals surface area contributed by atoms with E-state index in [9.17, 15) is 9.59 Å². The van der Waals surface area contributed by atoms with Crippen molar-refractivity contribution in [3.05, 3.63) is 102 Å². The number of methoxy groups -OCH3 is 2. The second-order valence-electron chi connectivity index (χ2n) is 10.9. The average molecular weight is 584 g/mol. The number of benzene rings is 2. The van der Waals surface area contributed by atoms with Gasteiger partial charge in [-0.3, -0.25) is 9.78 Å². The van der Waals surface area contributed by atoms with Crippen LogP contribution in [0.4, 0.5) is 11.4 Å². The molecule has 3 heterocycles. The quantitative estimate of drug-likeness (QED) is 0.207. The van der Waals surface area contributed by atoms with E-state index in [1.54, 1.807) is 25.4 Å². The van der Waals surface area contributed by atoms with Crippen molar-refractivity contribution in [2.24, 2.45) is 5.41 Å². The molecule has 5 rings (SSSR count). The highest BCUT2D eigenvalue weighted by atomic mass is 32.1. The minimum absolute atomic E-state index is 0.123. The molecular weight excluding hydrogens is 550 g/mol. The SMILES string of the molecule is COC(=O)c1ccccc1-n1cccc1[C@@H]1[C@@H](c2ccccn2)NC(=S)N1c1ccc(NC(=O)C(C)(C)C)c(OC)c1. The lowest BCUT2D eigenvalue weighted by molar-refractivity contribution is -0.123. The Balaban J connectivity index is 1.64. The number of hydrogen-bond acceptors (Lipinski definition) is 6. The van der Waals surface area contributed by atoms with Crippen LogP contribution in [-0.4, -0.2) is 40.8 Å². The van der Waals surface area contributed by atoms with Crippen molar-refractivity contribution >= 4 is 40.6 Å². The number of esters is 1. The summed E-state index contributed by atoms with van der Waals surface area (Å²) in [5.74, 6) is -0.0532. The van der Waals surface area contributed by atoms with Gasteiger partial charge in [-0.25, -0.2) is 4.79 Å². The van der Waals surface area contributed by atoms with E-state index in [1.807, 2.05) is 97.1 Å². The molecule has 4 aromatic rings. The zero-order valence-corrected chi connectivity index (χ0v) is 24.9. The van der Waals surface area contributed by atoms with E-state index in [0.717, 1.165) is 17.1 Å². The van der Waals surface area contributed by atoms with Crippen molar-refractivity contribution in [3.63, 3.8) is 0 Å². The first-order chi connectivity index (χ1) is 20.1. The van der Waals surface area contributed by atoms with Gasteiger partial charge in [-0.05, 0) is 60.7 Å². The maximum atomic E-state index is 12.7. The number of amides is 1. The Labute approximate surface area is 250 Å². The zero-order valence-electron chi connectivity index (χ0n) is 24.1. The number of carbonyl (C=O) groups is 2. The first kappa shape index (κ1) is 28.8. The molecule has 0 bridgehead atoms. The van der Waals surface area contributed by atoms with E-state index in [-0.39, 0.29) is 18.0 Å². The van der Waals surface area contributed by atoms with Gasteiger partial charge < -0.3 is 29.6 Å². The molecule has 10 heteroatoms. The minimum Gasteiger partial charge on any atom is -0.494 e. The smallest absolute Gasteiger partial charge is 0.339 e. The molecule has 0 saturated carbocycles. The zero-order chi connectivity index (χ0) is 30.0. The molecule has 0 radical (unpaired) electrons. The van der Waals surface area contributed by atoms with Crippen LogP contribution in [0.3, 0.4) is 0 Å². The molecular formula is C32H33N5O4S. The van der Waals surface area contributed by atoms with Gasteiger partial charge in [0.15, 0.2) is 5.11 Å². The van der Waals surface area contributed by atoms with E-state index in [1.165, 1.54) is 7.11 Å². The second-order valence-corrected chi connectivity index (χ2v) is 11.3. The summed E-state index contributed by atoms with van der Waals surface area (Å²) in [6.45, 7) is 5.56. The van der Waals surface area contributed by atoms with Crippen LogP contribution in [-0.2, 0) is 9.53 Å². The van der Waals surface area contributed by atoms with Gasteiger partial charge in [-0.2, -0.15) is 0 Å². The Bertz CT molecular complexity index is 1630. The number of aromatic nitrogens is 2. The summed E-state index contributed by atoms with van der Waals surface area (Å²) < 4.78 is 12.8. The number of para-hydroxylation sites is 1. The van der Waals surface area contributed by atoms with Crippen molar-refractivity contribution in [2.45, 2.75) is 32.9 Å². The largest absolute Gasteiger partial charge is 0.494 e. The fourth-order valence-electron chi connectivity index (χ4n) is 5.00. The lowest BCUT2D eigenvalue weighted by Crippen LogP contribution is -2.30. The van der Waals surface area contributed by atoms with E-state index >= 15 is 0 Å². The molecule has 2 aromatic carbocycles. The maximum Gasteiger partial charge on any atom is 0.339 e. The van der Waals surface area contributed by atoms with Crippen molar-refractivity contribution in [1.29, 1.82) is 0 Å². The van der Waals surface area contributed by atoms with Crippen molar-refractivity contribution in [3.8, 4) is 11.4 Å². The number of ether oxygens (including phenoxy) is 2. The lowest BCUT2D eigenvalue weighted by Gasteiger charge is -2.30. The molecule has 2 N–H and O–H groups in total. The third-order valence-corrected chi connectivity index (χ3v) is 7.46. The molecule has 9 nitrogen and oxygen atoms in total. The summed E-state index contributed by atoms with van der Waals surface area (Å²) in [6.07, 6.45) is 3.67. The summed E-state index contributed by atoms with van der Waals surface area (Å²) in [4.78, 5) is 32.1. The Morgan fingerprint density at radius 1 is 1.00 bits per heavy atom. The predicted molar refractivity (Wildman–Crippen MR) is 166 cm³/mol. The summed E-state index contributed by atoms with van der Waals surface area (Å²) in [5.41, 5.74) is 3.55. The van der Waals surface area contributed by atoms with Crippen molar-refractivity contribution in [2.75, 3.05) is 24.4 Å². The van der Waals surface area contributed by atoms with E-state index in [2.05, 4.69) is 15.6 Å². The summed E-state index contributed by atoms with van der Waals surface area (Å²) in [5, 5.41) is 6.93. The first-order valence-electron chi connectivity index (χ1n) is 13.5. The molecule has 0 unspecified atom stereocenters. The molecule has 0 spiro atoms. The van der Waals surface area contributed by atoms with Crippen LogP contribution in [0, 0.1) is 5.41 Å². The van der Waals surface area contributed by atoms with Gasteiger partial charge in [-0.1, -0.05) is 39.0 Å². The standard InChI is InChI=1S/C32H33N5O4S/c1-32(2,3)30(39)34-22-16-15-20(19-26(22)40-4)37-28(27(35-31(37)42)23-12-8-9-17-33-23)25-14-10-18-36(25)24-13-7-6-11-21(24)29(38)41-5/h6-19,27-28H,1-5H3,(H,34,39)(H,35,42)/t27-,28-/m1/s1. The Morgan fingerprint density at radius 2 is 1.76 bits per heavy atom. The van der Waals surface area contributed by atoms with Gasteiger partial charge in [0, 0.05) is 35.3 Å². The van der Waals surface area contributed by atoms with Crippen molar-refractivity contribution in [1.82, 2.24) is 14.9 Å². The van der Waals surface area contributed by atoms with Crippen LogP contribution in [0.25, 0.3) is 5.69 Å². The molecule has 216 valence electrons. The highest BCUT2D eigenvalue weighted by molar-refractivity contribution is 7.80. The number of nitrogens with zero attached hydrogens (tertiary/aromatic N) is 3. The number of rotatable bonds is 7. The number of thiocarbonyl (C=S) groups is 1. The Hall–Kier alpha value is -4.70. The predicted octanol–water partition coefficient (Wildman–Crippen LogP) is 5.83. The third-order valence-electron chi connectivity index (χ3n) is 7.14. The van der Waals surface area contributed by atoms with Crippen LogP contribution >= 0.6 is 12.2 Å². The van der Waals surface area contributed by atoms with Crippen molar-refractivity contribution < 1.29 is 19.1 Å². The second kappa shape index (κ2) is 11.7. The monoisotopic (exact) mass is 583 g/mol. The van der Waals surface area contributed by atoms with Crippen LogP contribution < -0.4 is 20.3 Å². The maximum absolute atomic E-state index is 12.7. The molecule has 1 fully saturated rings. The fourth-order valence-corrected chi connectivity index (χ4v) is 5.34. The first-order valence-corrected chi connectivity index (χ1v) is 13.9. The normalized spacial score (nSPS) is 16.6. The number of pyridine rings is 1. The minimum atomic E-state index is -0.572. The highest BCUT2D eigenvalue weighted by Crippen LogP contribution is 2.44. The molecule has 1 aliphatic rings. The molecule has 1 amide bonds. The molecule has 2 atom stereocenters. The number of nitrogens with one attached hydrogen (secondary N) is 2. The van der Waals surface area contributed by atoms with Gasteiger partial charge in [0.1, 0.15) is 11.8 Å². The van der Waals surface area contributed by atoms with Gasteiger partial charge >= 0.3 is 5.97 Å². The average Bonchev–Trinajstić information content (AvgIpc) is 3.61. The Kier molecular flexibility index (Phi) is 8.00. The van der Waals surface area contributed by atoms with Gasteiger partial charge in [0.05, 0.1) is 42.9 Å². The summed E-state index contributed by atoms with van der Waals surface area (Å²) >= 11 is 5.92. The van der Waals surface area contributed by atoms with Crippen LogP contribution in [0.5, 0.6) is 5.75 Å². The Morgan fingerprint density at radius 3 is 2.45 bits per heavy atom. The lowest BCUT2D eigenvalue weighted by atomic mass is 9.95. The van der Waals surface area contributed by atoms with Gasteiger partial charge in [0.2, 0.25) is 5.91 Å². The molecule has 1 aliphatic heterocycles. The highest BCUT2D eigenvalue weighted by Gasteiger charge is 2.42. The van der Waals surface area contributed by atoms with E-state index in [0.29, 0.717) is 27.8 Å². The number of hydrogen-bond donors (Lipinski definition) is 2. The van der Waals surface area contributed by atoms with Crippen LogP contribution in [0.15, 0.2) is 85.2 Å². The van der Waals surface area contributed by atoms with Crippen LogP contribution in [0.1, 0.15) is 54.6 Å². The summed E-state index contributed by atoms with van der Waals surface area (Å²) in [6, 6.07) is 21.9. The number of anilines is 2. The molecule has 0 aliphatic carbocycles. The number of carbonyl (C=O) groups excluding carboxylic acids is 2. The fraction of sp³-hybridized carbons (Fsp3) is 0.250. The topological polar surface area (TPSA) is 97.7 Å². The van der Waals surface area contributed by atoms with Crippen LogP contribution in [0.2, 0.25) is 0 Å².